The predicted octanol–water partition coefficient (Wildman–Crippen LogP) is -2.54. The SMILES string of the molecule is CC(C)CC(N)C(=O)NC(CCCN=C(N)N)C(=O)NC(C(=O)NC(CCCCN)C(=O)O)C(C)O. The molecule has 0 aromatic carbocycles. The molecule has 5 atom stereocenters. The van der Waals surface area contributed by atoms with Gasteiger partial charge in [-0.25, -0.2) is 4.79 Å². The number of hydrogen-bond acceptors (Lipinski definition) is 8. The van der Waals surface area contributed by atoms with Gasteiger partial charge in [0.25, 0.3) is 0 Å². The van der Waals surface area contributed by atoms with Gasteiger partial charge < -0.3 is 49.1 Å². The fraction of sp³-hybridized carbons (Fsp3) is 0.773. The van der Waals surface area contributed by atoms with Crippen LogP contribution < -0.4 is 38.9 Å². The van der Waals surface area contributed by atoms with Gasteiger partial charge in [-0.05, 0) is 57.9 Å². The van der Waals surface area contributed by atoms with E-state index in [0.717, 1.165) is 0 Å². The van der Waals surface area contributed by atoms with Crippen molar-refractivity contribution >= 4 is 29.7 Å². The summed E-state index contributed by atoms with van der Waals surface area (Å²) in [5.74, 6) is -3.39. The first-order valence-corrected chi connectivity index (χ1v) is 12.1. The van der Waals surface area contributed by atoms with E-state index in [1.807, 2.05) is 13.8 Å². The number of nitrogens with zero attached hydrogens (tertiary/aromatic N) is 1. The molecule has 14 heteroatoms. The van der Waals surface area contributed by atoms with Crippen molar-refractivity contribution < 1.29 is 29.4 Å². The molecule has 36 heavy (non-hydrogen) atoms. The van der Waals surface area contributed by atoms with E-state index in [1.54, 1.807) is 0 Å². The molecule has 0 aromatic rings. The van der Waals surface area contributed by atoms with E-state index >= 15 is 0 Å². The number of carboxylic acids is 1. The number of carbonyl (C=O) groups excluding carboxylic acids is 3. The summed E-state index contributed by atoms with van der Waals surface area (Å²) in [6.07, 6.45) is 0.672. The van der Waals surface area contributed by atoms with Crippen molar-refractivity contribution in [3.63, 3.8) is 0 Å². The Labute approximate surface area is 212 Å². The molecule has 0 spiro atoms. The molecule has 0 radical (unpaired) electrons. The summed E-state index contributed by atoms with van der Waals surface area (Å²) in [5.41, 5.74) is 22.0. The molecule has 0 fully saturated rings. The van der Waals surface area contributed by atoms with Gasteiger partial charge in [0.2, 0.25) is 17.7 Å². The minimum Gasteiger partial charge on any atom is -0.480 e. The van der Waals surface area contributed by atoms with Gasteiger partial charge in [-0.3, -0.25) is 19.4 Å². The molecule has 0 bridgehead atoms. The summed E-state index contributed by atoms with van der Waals surface area (Å²) in [4.78, 5) is 53.7. The fourth-order valence-corrected chi connectivity index (χ4v) is 3.34. The number of nitrogens with two attached hydrogens (primary N) is 4. The number of unbranched alkanes of at least 4 members (excludes halogenated alkanes) is 1. The summed E-state index contributed by atoms with van der Waals surface area (Å²) < 4.78 is 0. The summed E-state index contributed by atoms with van der Waals surface area (Å²) >= 11 is 0. The quantitative estimate of drug-likeness (QED) is 0.0523. The molecule has 0 aromatic heterocycles. The Morgan fingerprint density at radius 3 is 1.94 bits per heavy atom. The van der Waals surface area contributed by atoms with Crippen molar-refractivity contribution in [2.75, 3.05) is 13.1 Å². The molecular weight excluding hydrogens is 472 g/mol. The Morgan fingerprint density at radius 1 is 0.861 bits per heavy atom. The van der Waals surface area contributed by atoms with E-state index in [1.165, 1.54) is 6.92 Å². The fourth-order valence-electron chi connectivity index (χ4n) is 3.34. The maximum atomic E-state index is 13.0. The average Bonchev–Trinajstić information content (AvgIpc) is 2.77. The molecule has 5 unspecified atom stereocenters. The van der Waals surface area contributed by atoms with Crippen molar-refractivity contribution in [3.8, 4) is 0 Å². The number of carboxylic acid groups (broad SMARTS) is 1. The highest BCUT2D eigenvalue weighted by atomic mass is 16.4. The van der Waals surface area contributed by atoms with Gasteiger partial charge in [0.15, 0.2) is 5.96 Å². The zero-order valence-corrected chi connectivity index (χ0v) is 21.4. The molecule has 14 nitrogen and oxygen atoms in total. The second kappa shape index (κ2) is 17.5. The number of guanidine groups is 1. The number of carbonyl (C=O) groups is 4. The molecule has 13 N–H and O–H groups in total. The first kappa shape index (κ1) is 33.0. The number of aliphatic hydroxyl groups is 1. The molecule has 0 saturated carbocycles. The molecule has 0 aliphatic rings. The van der Waals surface area contributed by atoms with Crippen LogP contribution in [0.1, 0.15) is 59.3 Å². The molecule has 0 aliphatic heterocycles. The second-order valence-electron chi connectivity index (χ2n) is 9.16. The largest absolute Gasteiger partial charge is 0.480 e. The zero-order chi connectivity index (χ0) is 27.8. The third-order valence-corrected chi connectivity index (χ3v) is 5.26. The maximum Gasteiger partial charge on any atom is 0.326 e. The van der Waals surface area contributed by atoms with Gasteiger partial charge in [-0.1, -0.05) is 13.8 Å². The number of hydrogen-bond donors (Lipinski definition) is 9. The van der Waals surface area contributed by atoms with Crippen molar-refractivity contribution in [1.82, 2.24) is 16.0 Å². The highest BCUT2D eigenvalue weighted by Crippen LogP contribution is 2.07. The number of nitrogens with one attached hydrogen (secondary N) is 3. The second-order valence-corrected chi connectivity index (χ2v) is 9.16. The minimum absolute atomic E-state index is 0.119. The zero-order valence-electron chi connectivity index (χ0n) is 21.4. The molecule has 0 saturated heterocycles. The number of aliphatic hydroxyl groups excluding tert-OH is 1. The van der Waals surface area contributed by atoms with Crippen LogP contribution in [0.5, 0.6) is 0 Å². The van der Waals surface area contributed by atoms with E-state index in [4.69, 9.17) is 22.9 Å². The summed E-state index contributed by atoms with van der Waals surface area (Å²) in [7, 11) is 0. The molecule has 0 heterocycles. The van der Waals surface area contributed by atoms with E-state index in [0.29, 0.717) is 32.2 Å². The van der Waals surface area contributed by atoms with Gasteiger partial charge in [-0.2, -0.15) is 0 Å². The number of rotatable bonds is 18. The van der Waals surface area contributed by atoms with Crippen molar-refractivity contribution in [1.29, 1.82) is 0 Å². The molecule has 208 valence electrons. The van der Waals surface area contributed by atoms with Crippen LogP contribution in [0.4, 0.5) is 0 Å². The van der Waals surface area contributed by atoms with Crippen LogP contribution in [0.15, 0.2) is 4.99 Å². The summed E-state index contributed by atoms with van der Waals surface area (Å²) in [6, 6.07) is -4.63. The van der Waals surface area contributed by atoms with E-state index in [-0.39, 0.29) is 31.3 Å². The van der Waals surface area contributed by atoms with Crippen LogP contribution in [0.2, 0.25) is 0 Å². The van der Waals surface area contributed by atoms with Gasteiger partial charge in [0.1, 0.15) is 18.1 Å². The monoisotopic (exact) mass is 516 g/mol. The van der Waals surface area contributed by atoms with Crippen LogP contribution in [-0.4, -0.2) is 83.2 Å². The van der Waals surface area contributed by atoms with Crippen molar-refractivity contribution in [3.05, 3.63) is 0 Å². The number of amides is 3. The lowest BCUT2D eigenvalue weighted by molar-refractivity contribution is -0.143. The highest BCUT2D eigenvalue weighted by Gasteiger charge is 2.32. The van der Waals surface area contributed by atoms with E-state index in [9.17, 15) is 29.4 Å². The van der Waals surface area contributed by atoms with Crippen LogP contribution >= 0.6 is 0 Å². The standard InChI is InChI=1S/C22H44N8O6/c1-12(2)11-14(24)18(32)28-15(8-6-10-27-22(25)26)19(33)30-17(13(3)31)20(34)29-16(21(35)36)7-4-5-9-23/h12-17,31H,4-11,23-24H2,1-3H3,(H,28,32)(H,29,34)(H,30,33)(H,35,36)(H4,25,26,27). The van der Waals surface area contributed by atoms with Crippen LogP contribution in [0, 0.1) is 5.92 Å². The minimum atomic E-state index is -1.46. The lowest BCUT2D eigenvalue weighted by Crippen LogP contribution is -2.59. The Morgan fingerprint density at radius 2 is 1.44 bits per heavy atom. The highest BCUT2D eigenvalue weighted by molar-refractivity contribution is 5.94. The van der Waals surface area contributed by atoms with Gasteiger partial charge in [-0.15, -0.1) is 0 Å². The Kier molecular flexibility index (Phi) is 16.0. The van der Waals surface area contributed by atoms with Crippen molar-refractivity contribution in [2.45, 2.75) is 89.6 Å². The Balaban J connectivity index is 5.48. The van der Waals surface area contributed by atoms with Crippen LogP contribution in [0.25, 0.3) is 0 Å². The molecule has 0 rings (SSSR count). The predicted molar refractivity (Wildman–Crippen MR) is 135 cm³/mol. The lowest BCUT2D eigenvalue weighted by atomic mass is 10.0. The van der Waals surface area contributed by atoms with E-state index in [2.05, 4.69) is 20.9 Å². The molecular formula is C22H44N8O6. The van der Waals surface area contributed by atoms with Crippen LogP contribution in [0.3, 0.4) is 0 Å². The maximum absolute atomic E-state index is 13.0. The average molecular weight is 517 g/mol. The van der Waals surface area contributed by atoms with Crippen LogP contribution in [-0.2, 0) is 19.2 Å². The summed E-state index contributed by atoms with van der Waals surface area (Å²) in [6.45, 7) is 5.66. The first-order valence-electron chi connectivity index (χ1n) is 12.1. The Bertz CT molecular complexity index is 742. The third kappa shape index (κ3) is 13.8. The third-order valence-electron chi connectivity index (χ3n) is 5.26. The topological polar surface area (TPSA) is 261 Å². The first-order chi connectivity index (χ1) is 16.8. The lowest BCUT2D eigenvalue weighted by Gasteiger charge is -2.26. The van der Waals surface area contributed by atoms with Gasteiger partial charge >= 0.3 is 5.97 Å². The van der Waals surface area contributed by atoms with Gasteiger partial charge in [0, 0.05) is 6.54 Å². The molecule has 3 amide bonds. The molecule has 0 aliphatic carbocycles. The number of aliphatic carboxylic acids is 1. The van der Waals surface area contributed by atoms with E-state index < -0.39 is 54.0 Å². The Hall–Kier alpha value is -2.97. The summed E-state index contributed by atoms with van der Waals surface area (Å²) in [5, 5.41) is 26.9. The van der Waals surface area contributed by atoms with Gasteiger partial charge in [0.05, 0.1) is 12.1 Å². The normalized spacial score (nSPS) is 15.2. The smallest absolute Gasteiger partial charge is 0.326 e. The number of aliphatic imine (C=N–C) groups is 1. The van der Waals surface area contributed by atoms with Crippen molar-refractivity contribution in [2.24, 2.45) is 33.8 Å².